The quantitative estimate of drug-likeness (QED) is 0.729. The van der Waals surface area contributed by atoms with Gasteiger partial charge in [-0.25, -0.2) is 13.4 Å². The highest BCUT2D eigenvalue weighted by atomic mass is 35.5. The fourth-order valence-electron chi connectivity index (χ4n) is 3.89. The molecule has 3 fully saturated rings. The average molecular weight is 373 g/mol. The van der Waals surface area contributed by atoms with Crippen molar-refractivity contribution in [3.63, 3.8) is 0 Å². The molecule has 7 nitrogen and oxygen atoms in total. The molecule has 0 spiro atoms. The molecule has 2 bridgehead atoms. The lowest BCUT2D eigenvalue weighted by Gasteiger charge is -2.47. The van der Waals surface area contributed by atoms with E-state index in [9.17, 15) is 8.42 Å². The average Bonchev–Trinajstić information content (AvgIpc) is 3.12. The molecular formula is C15H21ClN4O3S. The van der Waals surface area contributed by atoms with E-state index in [1.165, 1.54) is 6.26 Å². The van der Waals surface area contributed by atoms with Crippen LogP contribution in [0.25, 0.3) is 0 Å². The van der Waals surface area contributed by atoms with Crippen molar-refractivity contribution in [2.75, 3.05) is 41.5 Å². The molecule has 24 heavy (non-hydrogen) atoms. The molecule has 4 atom stereocenters. The van der Waals surface area contributed by atoms with Crippen LogP contribution in [0.5, 0.6) is 0 Å². The normalized spacial score (nSPS) is 32.3. The molecule has 3 aliphatic heterocycles. The summed E-state index contributed by atoms with van der Waals surface area (Å²) in [5, 5.41) is 0.414. The number of aromatic nitrogens is 2. The number of rotatable bonds is 4. The second-order valence-corrected chi connectivity index (χ2v) is 9.66. The van der Waals surface area contributed by atoms with E-state index in [-0.39, 0.29) is 23.8 Å². The lowest BCUT2D eigenvalue weighted by atomic mass is 9.92. The maximum absolute atomic E-state index is 11.5. The first kappa shape index (κ1) is 16.4. The highest BCUT2D eigenvalue weighted by Gasteiger charge is 2.42. The second kappa shape index (κ2) is 5.71. The highest BCUT2D eigenvalue weighted by molar-refractivity contribution is 7.90. The summed E-state index contributed by atoms with van der Waals surface area (Å²) in [6, 6.07) is 2.20. The van der Waals surface area contributed by atoms with E-state index in [2.05, 4.69) is 19.8 Å². The van der Waals surface area contributed by atoms with Crippen LogP contribution in [0.3, 0.4) is 0 Å². The summed E-state index contributed by atoms with van der Waals surface area (Å²) < 4.78 is 28.6. The molecule has 0 aromatic carbocycles. The van der Waals surface area contributed by atoms with Crippen molar-refractivity contribution in [1.29, 1.82) is 0 Å². The maximum atomic E-state index is 11.5. The van der Waals surface area contributed by atoms with E-state index >= 15 is 0 Å². The van der Waals surface area contributed by atoms with Crippen molar-refractivity contribution in [3.8, 4) is 0 Å². The minimum absolute atomic E-state index is 0.122. The van der Waals surface area contributed by atoms with E-state index in [0.717, 1.165) is 18.8 Å². The molecule has 4 heterocycles. The molecule has 9 heteroatoms. The minimum atomic E-state index is -2.97. The first-order chi connectivity index (χ1) is 11.3. The molecule has 132 valence electrons. The number of nitrogens with zero attached hydrogens (tertiary/aromatic N) is 4. The molecule has 1 aromatic rings. The number of anilines is 2. The Labute approximate surface area is 146 Å². The van der Waals surface area contributed by atoms with Gasteiger partial charge in [0.1, 0.15) is 20.8 Å². The first-order valence-corrected chi connectivity index (χ1v) is 10.6. The van der Waals surface area contributed by atoms with Crippen LogP contribution in [-0.4, -0.2) is 68.3 Å². The largest absolute Gasteiger partial charge is 0.374 e. The molecule has 0 N–H and O–H groups in total. The summed E-state index contributed by atoms with van der Waals surface area (Å²) in [6.07, 6.45) is 2.57. The maximum Gasteiger partial charge on any atom is 0.229 e. The van der Waals surface area contributed by atoms with Crippen LogP contribution >= 0.6 is 11.6 Å². The van der Waals surface area contributed by atoms with Gasteiger partial charge in [0, 0.05) is 37.4 Å². The zero-order chi connectivity index (χ0) is 17.1. The van der Waals surface area contributed by atoms with Gasteiger partial charge < -0.3 is 14.5 Å². The van der Waals surface area contributed by atoms with Crippen LogP contribution in [0.15, 0.2) is 6.07 Å². The zero-order valence-corrected chi connectivity index (χ0v) is 15.3. The van der Waals surface area contributed by atoms with E-state index in [0.29, 0.717) is 30.3 Å². The van der Waals surface area contributed by atoms with Gasteiger partial charge in [-0.3, -0.25) is 0 Å². The Bertz CT molecular complexity index is 759. The van der Waals surface area contributed by atoms with E-state index in [1.54, 1.807) is 6.07 Å². The Balaban J connectivity index is 1.52. The fourth-order valence-corrected chi connectivity index (χ4v) is 5.22. The van der Waals surface area contributed by atoms with Crippen LogP contribution in [0.2, 0.25) is 5.15 Å². The predicted octanol–water partition coefficient (Wildman–Crippen LogP) is 0.977. The van der Waals surface area contributed by atoms with E-state index < -0.39 is 9.84 Å². The number of morpholine rings is 1. The smallest absolute Gasteiger partial charge is 0.229 e. The highest BCUT2D eigenvalue weighted by Crippen LogP contribution is 2.35. The molecule has 0 radical (unpaired) electrons. The lowest BCUT2D eigenvalue weighted by molar-refractivity contribution is 0.0986. The van der Waals surface area contributed by atoms with Crippen LogP contribution in [0.1, 0.15) is 13.3 Å². The first-order valence-electron chi connectivity index (χ1n) is 8.17. The summed E-state index contributed by atoms with van der Waals surface area (Å²) in [6.45, 7) is 4.22. The number of fused-ring (bicyclic) bond motifs is 2. The monoisotopic (exact) mass is 372 g/mol. The number of hydrogen-bond acceptors (Lipinski definition) is 7. The van der Waals surface area contributed by atoms with Crippen molar-refractivity contribution >= 4 is 33.2 Å². The summed E-state index contributed by atoms with van der Waals surface area (Å²) >= 11 is 6.21. The number of hydrogen-bond donors (Lipinski definition) is 0. The third-order valence-corrected chi connectivity index (χ3v) is 6.47. The summed E-state index contributed by atoms with van der Waals surface area (Å²) in [7, 11) is -2.97. The molecule has 4 rings (SSSR count). The molecule has 3 saturated heterocycles. The Morgan fingerprint density at radius 3 is 2.71 bits per heavy atom. The number of halogens is 1. The summed E-state index contributed by atoms with van der Waals surface area (Å²) in [4.78, 5) is 13.3. The Morgan fingerprint density at radius 1 is 1.33 bits per heavy atom. The predicted molar refractivity (Wildman–Crippen MR) is 92.5 cm³/mol. The Hall–Kier alpha value is -1.12. The van der Waals surface area contributed by atoms with Gasteiger partial charge in [-0.2, -0.15) is 4.98 Å². The lowest BCUT2D eigenvalue weighted by Crippen LogP contribution is -2.57. The van der Waals surface area contributed by atoms with Gasteiger partial charge in [-0.05, 0) is 13.3 Å². The summed E-state index contributed by atoms with van der Waals surface area (Å²) in [5.41, 5.74) is 0. The SMILES string of the molecule is C[C@@H]1[C@@H](CS(C)(=O)=O)CN1c1cc(Cl)nc(N2C[C@H]3C[C@@H]2CO3)n1. The van der Waals surface area contributed by atoms with Gasteiger partial charge in [0.15, 0.2) is 0 Å². The third kappa shape index (κ3) is 2.95. The fraction of sp³-hybridized carbons (Fsp3) is 0.733. The van der Waals surface area contributed by atoms with Gasteiger partial charge in [0.05, 0.1) is 24.5 Å². The third-order valence-electron chi connectivity index (χ3n) is 5.24. The standard InChI is InChI=1S/C15H21ClN4O3S/c1-9-10(8-24(2,21)22)5-19(9)14-4-13(16)17-15(18-14)20-6-12-3-11(20)7-23-12/h4,9-12H,3,5-8H2,1-2H3/t9-,10-,11-,12-/m1/s1. The van der Waals surface area contributed by atoms with Gasteiger partial charge in [-0.1, -0.05) is 11.6 Å². The van der Waals surface area contributed by atoms with Gasteiger partial charge in [-0.15, -0.1) is 0 Å². The van der Waals surface area contributed by atoms with Crippen molar-refractivity contribution in [1.82, 2.24) is 9.97 Å². The molecule has 1 aromatic heterocycles. The summed E-state index contributed by atoms with van der Waals surface area (Å²) in [5.74, 6) is 1.76. The molecule has 0 saturated carbocycles. The molecular weight excluding hydrogens is 352 g/mol. The van der Waals surface area contributed by atoms with Crippen LogP contribution in [-0.2, 0) is 14.6 Å². The number of sulfone groups is 1. The zero-order valence-electron chi connectivity index (χ0n) is 13.7. The van der Waals surface area contributed by atoms with Crippen molar-refractivity contribution in [2.45, 2.75) is 31.5 Å². The Kier molecular flexibility index (Phi) is 3.89. The molecule has 0 aliphatic carbocycles. The molecule has 0 amide bonds. The molecule has 3 aliphatic rings. The number of ether oxygens (including phenoxy) is 1. The van der Waals surface area contributed by atoms with E-state index in [4.69, 9.17) is 16.3 Å². The molecule has 0 unspecified atom stereocenters. The van der Waals surface area contributed by atoms with Gasteiger partial charge >= 0.3 is 0 Å². The van der Waals surface area contributed by atoms with Crippen LogP contribution in [0, 0.1) is 5.92 Å². The van der Waals surface area contributed by atoms with Crippen molar-refractivity contribution in [2.24, 2.45) is 5.92 Å². The van der Waals surface area contributed by atoms with Crippen LogP contribution in [0.4, 0.5) is 11.8 Å². The Morgan fingerprint density at radius 2 is 2.12 bits per heavy atom. The van der Waals surface area contributed by atoms with Crippen molar-refractivity contribution < 1.29 is 13.2 Å². The van der Waals surface area contributed by atoms with Crippen molar-refractivity contribution in [3.05, 3.63) is 11.2 Å². The van der Waals surface area contributed by atoms with Gasteiger partial charge in [0.2, 0.25) is 5.95 Å². The minimum Gasteiger partial charge on any atom is -0.374 e. The van der Waals surface area contributed by atoms with Gasteiger partial charge in [0.25, 0.3) is 0 Å². The van der Waals surface area contributed by atoms with Crippen LogP contribution < -0.4 is 9.80 Å². The topological polar surface area (TPSA) is 75.6 Å². The second-order valence-electron chi connectivity index (χ2n) is 7.09. The van der Waals surface area contributed by atoms with E-state index in [1.807, 2.05) is 6.92 Å².